The lowest BCUT2D eigenvalue weighted by Gasteiger charge is -2.36. The summed E-state index contributed by atoms with van der Waals surface area (Å²) in [5, 5.41) is 19.0. The molecule has 2 unspecified atom stereocenters. The molecule has 0 bridgehead atoms. The Kier molecular flexibility index (Phi) is 8.83. The minimum absolute atomic E-state index is 0.153. The van der Waals surface area contributed by atoms with E-state index in [1.54, 1.807) is 0 Å². The molecule has 0 saturated carbocycles. The number of hydrogen-bond acceptors (Lipinski definition) is 3. The molecule has 20 heavy (non-hydrogen) atoms. The zero-order valence-electron chi connectivity index (χ0n) is 13.1. The van der Waals surface area contributed by atoms with Crippen LogP contribution in [0.25, 0.3) is 0 Å². The van der Waals surface area contributed by atoms with Crippen molar-refractivity contribution < 1.29 is 10.2 Å². The molecule has 1 rings (SSSR count). The van der Waals surface area contributed by atoms with Crippen molar-refractivity contribution in [2.45, 2.75) is 64.5 Å². The van der Waals surface area contributed by atoms with Crippen LogP contribution in [0.1, 0.15) is 52.4 Å². The van der Waals surface area contributed by atoms with Gasteiger partial charge in [0.25, 0.3) is 0 Å². The summed E-state index contributed by atoms with van der Waals surface area (Å²) in [4.78, 5) is 2.34. The van der Waals surface area contributed by atoms with Gasteiger partial charge in [0.15, 0.2) is 0 Å². The third-order valence-corrected chi connectivity index (χ3v) is 4.12. The summed E-state index contributed by atoms with van der Waals surface area (Å²) in [6, 6.07) is 0.153. The standard InChI is InChI=1S/C17H31NO2/c1-3-5-8-15(4-2)9-6-7-11-18-12-10-17(20)13-16(18)14-19/h4-5,8,16-17,19-20H,3,6-7,9-14H2,1-2H3/b8-5-,15-4+. The SMILES string of the molecule is C/C=C(\C=C/CC)CCCCN1CCC(O)CC1CO. The first kappa shape index (κ1) is 17.4. The van der Waals surface area contributed by atoms with Gasteiger partial charge in [0.1, 0.15) is 0 Å². The minimum atomic E-state index is -0.225. The van der Waals surface area contributed by atoms with Crippen LogP contribution in [-0.2, 0) is 0 Å². The Hall–Kier alpha value is -0.640. The Labute approximate surface area is 124 Å². The average molecular weight is 281 g/mol. The topological polar surface area (TPSA) is 43.7 Å². The molecular formula is C17H31NO2. The predicted octanol–water partition coefficient (Wildman–Crippen LogP) is 2.89. The number of hydrogen-bond donors (Lipinski definition) is 2. The van der Waals surface area contributed by atoms with E-state index in [0.29, 0.717) is 0 Å². The van der Waals surface area contributed by atoms with E-state index in [1.807, 2.05) is 0 Å². The van der Waals surface area contributed by atoms with Gasteiger partial charge in [-0.25, -0.2) is 0 Å². The van der Waals surface area contributed by atoms with Crippen molar-refractivity contribution in [3.8, 4) is 0 Å². The predicted molar refractivity (Wildman–Crippen MR) is 84.7 cm³/mol. The Balaban J connectivity index is 2.24. The van der Waals surface area contributed by atoms with E-state index in [4.69, 9.17) is 0 Å². The second kappa shape index (κ2) is 10.1. The number of rotatable bonds is 8. The van der Waals surface area contributed by atoms with E-state index in [1.165, 1.54) is 12.0 Å². The van der Waals surface area contributed by atoms with E-state index >= 15 is 0 Å². The molecule has 1 aliphatic heterocycles. The number of allylic oxidation sites excluding steroid dienone is 4. The lowest BCUT2D eigenvalue weighted by Crippen LogP contribution is -2.46. The number of aliphatic hydroxyl groups is 2. The van der Waals surface area contributed by atoms with E-state index in [-0.39, 0.29) is 18.8 Å². The monoisotopic (exact) mass is 281 g/mol. The summed E-state index contributed by atoms with van der Waals surface area (Å²) in [6.45, 7) is 6.37. The summed E-state index contributed by atoms with van der Waals surface area (Å²) >= 11 is 0. The highest BCUT2D eigenvalue weighted by molar-refractivity contribution is 5.17. The van der Waals surface area contributed by atoms with Crippen LogP contribution in [0, 0.1) is 0 Å². The Morgan fingerprint density at radius 1 is 1.35 bits per heavy atom. The van der Waals surface area contributed by atoms with Gasteiger partial charge in [-0.1, -0.05) is 30.7 Å². The van der Waals surface area contributed by atoms with Crippen molar-refractivity contribution in [3.05, 3.63) is 23.8 Å². The lowest BCUT2D eigenvalue weighted by molar-refractivity contribution is 0.0164. The zero-order valence-corrected chi connectivity index (χ0v) is 13.1. The molecule has 0 aliphatic carbocycles. The zero-order chi connectivity index (χ0) is 14.8. The van der Waals surface area contributed by atoms with Gasteiger partial charge < -0.3 is 10.2 Å². The van der Waals surface area contributed by atoms with Crippen LogP contribution < -0.4 is 0 Å². The van der Waals surface area contributed by atoms with Gasteiger partial charge in [-0.3, -0.25) is 4.90 Å². The van der Waals surface area contributed by atoms with Crippen molar-refractivity contribution in [2.75, 3.05) is 19.7 Å². The van der Waals surface area contributed by atoms with Gasteiger partial charge in [-0.15, -0.1) is 0 Å². The molecular weight excluding hydrogens is 250 g/mol. The number of unbranched alkanes of at least 4 members (excludes halogenated alkanes) is 1. The Morgan fingerprint density at radius 2 is 2.15 bits per heavy atom. The first-order valence-corrected chi connectivity index (χ1v) is 8.06. The molecule has 0 radical (unpaired) electrons. The normalized spacial score (nSPS) is 25.5. The molecule has 1 saturated heterocycles. The summed E-state index contributed by atoms with van der Waals surface area (Å²) in [5.41, 5.74) is 1.42. The maximum Gasteiger partial charge on any atom is 0.0587 e. The van der Waals surface area contributed by atoms with Crippen LogP contribution in [-0.4, -0.2) is 47.0 Å². The maximum atomic E-state index is 9.63. The maximum absolute atomic E-state index is 9.63. The van der Waals surface area contributed by atoms with Crippen LogP contribution >= 0.6 is 0 Å². The molecule has 1 heterocycles. The molecule has 0 spiro atoms. The van der Waals surface area contributed by atoms with Crippen LogP contribution in [0.4, 0.5) is 0 Å². The largest absolute Gasteiger partial charge is 0.395 e. The number of likely N-dealkylation sites (tertiary alicyclic amines) is 1. The second-order valence-electron chi connectivity index (χ2n) is 5.68. The molecule has 2 atom stereocenters. The summed E-state index contributed by atoms with van der Waals surface area (Å²) in [5.74, 6) is 0. The second-order valence-corrected chi connectivity index (χ2v) is 5.68. The van der Waals surface area contributed by atoms with Crippen LogP contribution in [0.3, 0.4) is 0 Å². The highest BCUT2D eigenvalue weighted by Crippen LogP contribution is 2.18. The van der Waals surface area contributed by atoms with Crippen molar-refractivity contribution in [1.82, 2.24) is 4.90 Å². The quantitative estimate of drug-likeness (QED) is 0.531. The summed E-state index contributed by atoms with van der Waals surface area (Å²) in [6.07, 6.45) is 12.5. The third kappa shape index (κ3) is 6.21. The van der Waals surface area contributed by atoms with E-state index in [2.05, 4.69) is 37.0 Å². The van der Waals surface area contributed by atoms with E-state index in [9.17, 15) is 10.2 Å². The smallest absolute Gasteiger partial charge is 0.0587 e. The van der Waals surface area contributed by atoms with Gasteiger partial charge in [0, 0.05) is 12.6 Å². The first-order chi connectivity index (χ1) is 9.71. The average Bonchev–Trinajstić information content (AvgIpc) is 2.47. The molecule has 3 heteroatoms. The van der Waals surface area contributed by atoms with E-state index in [0.717, 1.165) is 45.2 Å². The molecule has 3 nitrogen and oxygen atoms in total. The van der Waals surface area contributed by atoms with Gasteiger partial charge in [0.2, 0.25) is 0 Å². The van der Waals surface area contributed by atoms with Gasteiger partial charge >= 0.3 is 0 Å². The minimum Gasteiger partial charge on any atom is -0.395 e. The molecule has 0 aromatic rings. The van der Waals surface area contributed by atoms with Crippen LogP contribution in [0.5, 0.6) is 0 Å². The summed E-state index contributed by atoms with van der Waals surface area (Å²) in [7, 11) is 0. The molecule has 1 fully saturated rings. The van der Waals surface area contributed by atoms with Gasteiger partial charge in [0.05, 0.1) is 12.7 Å². The first-order valence-electron chi connectivity index (χ1n) is 8.06. The molecule has 1 aliphatic rings. The van der Waals surface area contributed by atoms with Gasteiger partial charge in [-0.2, -0.15) is 0 Å². The third-order valence-electron chi connectivity index (χ3n) is 4.12. The molecule has 0 aromatic carbocycles. The molecule has 116 valence electrons. The van der Waals surface area contributed by atoms with Crippen molar-refractivity contribution in [1.29, 1.82) is 0 Å². The molecule has 2 N–H and O–H groups in total. The summed E-state index contributed by atoms with van der Waals surface area (Å²) < 4.78 is 0. The van der Waals surface area contributed by atoms with Crippen molar-refractivity contribution in [3.63, 3.8) is 0 Å². The molecule has 0 amide bonds. The van der Waals surface area contributed by atoms with Crippen LogP contribution in [0.15, 0.2) is 23.8 Å². The number of piperidine rings is 1. The fourth-order valence-electron chi connectivity index (χ4n) is 2.80. The highest BCUT2D eigenvalue weighted by atomic mass is 16.3. The fourth-order valence-corrected chi connectivity index (χ4v) is 2.80. The lowest BCUT2D eigenvalue weighted by atomic mass is 9.99. The van der Waals surface area contributed by atoms with E-state index < -0.39 is 0 Å². The molecule has 0 aromatic heterocycles. The van der Waals surface area contributed by atoms with Crippen LogP contribution in [0.2, 0.25) is 0 Å². The Bertz CT molecular complexity index is 312. The Morgan fingerprint density at radius 3 is 2.80 bits per heavy atom. The number of nitrogens with zero attached hydrogens (tertiary/aromatic N) is 1. The number of aliphatic hydroxyl groups excluding tert-OH is 2. The van der Waals surface area contributed by atoms with Crippen molar-refractivity contribution >= 4 is 0 Å². The van der Waals surface area contributed by atoms with Gasteiger partial charge in [-0.05, 0) is 52.0 Å². The fraction of sp³-hybridized carbons (Fsp3) is 0.765. The highest BCUT2D eigenvalue weighted by Gasteiger charge is 2.25. The van der Waals surface area contributed by atoms with Crippen molar-refractivity contribution in [2.24, 2.45) is 0 Å².